The van der Waals surface area contributed by atoms with Crippen molar-refractivity contribution in [1.82, 2.24) is 0 Å². The van der Waals surface area contributed by atoms with Gasteiger partial charge in [-0.25, -0.2) is 4.39 Å². The van der Waals surface area contributed by atoms with Crippen molar-refractivity contribution in [3.05, 3.63) is 57.8 Å². The minimum atomic E-state index is -0.994. The second-order valence-electron chi connectivity index (χ2n) is 4.00. The molecule has 0 fully saturated rings. The molecule has 5 heteroatoms. The smallest absolute Gasteiger partial charge is 0.307 e. The van der Waals surface area contributed by atoms with Gasteiger partial charge in [0, 0.05) is 15.6 Å². The van der Waals surface area contributed by atoms with Gasteiger partial charge in [0.15, 0.2) is 0 Å². The summed E-state index contributed by atoms with van der Waals surface area (Å²) < 4.78 is 13.4. The van der Waals surface area contributed by atoms with Crippen molar-refractivity contribution in [2.24, 2.45) is 0 Å². The average Bonchev–Trinajstić information content (AvgIpc) is 2.34. The van der Waals surface area contributed by atoms with Crippen LogP contribution in [0.15, 0.2) is 36.4 Å². The number of halogens is 3. The van der Waals surface area contributed by atoms with E-state index in [9.17, 15) is 9.18 Å². The van der Waals surface area contributed by atoms with Crippen LogP contribution in [0, 0.1) is 5.82 Å². The average molecular weight is 299 g/mol. The number of carbonyl (C=O) groups is 1. The third-order valence-electron chi connectivity index (χ3n) is 2.63. The van der Waals surface area contributed by atoms with Crippen LogP contribution < -0.4 is 0 Å². The summed E-state index contributed by atoms with van der Waals surface area (Å²) in [5.41, 5.74) is 1.44. The minimum absolute atomic E-state index is 0.210. The quantitative estimate of drug-likeness (QED) is 0.910. The Morgan fingerprint density at radius 3 is 2.53 bits per heavy atom. The first-order valence-corrected chi connectivity index (χ1v) is 6.18. The topological polar surface area (TPSA) is 37.3 Å². The molecule has 0 heterocycles. The van der Waals surface area contributed by atoms with Crippen molar-refractivity contribution < 1.29 is 14.3 Å². The number of carboxylic acids is 1. The number of rotatable bonds is 3. The fourth-order valence-electron chi connectivity index (χ4n) is 1.82. The number of hydrogen-bond donors (Lipinski definition) is 1. The third-order valence-corrected chi connectivity index (χ3v) is 3.20. The van der Waals surface area contributed by atoms with Gasteiger partial charge in [-0.1, -0.05) is 29.3 Å². The fraction of sp³-hybridized carbons (Fsp3) is 0.0714. The first-order chi connectivity index (χ1) is 8.97. The lowest BCUT2D eigenvalue weighted by molar-refractivity contribution is -0.136. The van der Waals surface area contributed by atoms with E-state index >= 15 is 0 Å². The zero-order valence-electron chi connectivity index (χ0n) is 9.66. The van der Waals surface area contributed by atoms with Crippen LogP contribution in [0.2, 0.25) is 10.0 Å². The highest BCUT2D eigenvalue weighted by atomic mass is 35.5. The molecular formula is C14H9Cl2FO2. The van der Waals surface area contributed by atoms with Gasteiger partial charge < -0.3 is 5.11 Å². The molecule has 2 aromatic carbocycles. The number of aliphatic carboxylic acids is 1. The predicted molar refractivity (Wildman–Crippen MR) is 73.2 cm³/mol. The Morgan fingerprint density at radius 2 is 1.84 bits per heavy atom. The molecule has 1 N–H and O–H groups in total. The van der Waals surface area contributed by atoms with Gasteiger partial charge in [-0.15, -0.1) is 0 Å². The normalized spacial score (nSPS) is 10.5. The minimum Gasteiger partial charge on any atom is -0.481 e. The van der Waals surface area contributed by atoms with Gasteiger partial charge in [0.2, 0.25) is 0 Å². The van der Waals surface area contributed by atoms with Crippen LogP contribution in [0.3, 0.4) is 0 Å². The first-order valence-electron chi connectivity index (χ1n) is 5.43. The first kappa shape index (κ1) is 13.8. The molecule has 0 spiro atoms. The highest BCUT2D eigenvalue weighted by molar-refractivity contribution is 6.35. The molecule has 0 aliphatic heterocycles. The lowest BCUT2D eigenvalue weighted by Gasteiger charge is -2.10. The predicted octanol–water partition coefficient (Wildman–Crippen LogP) is 4.43. The van der Waals surface area contributed by atoms with E-state index in [1.165, 1.54) is 18.2 Å². The second-order valence-corrected chi connectivity index (χ2v) is 4.84. The van der Waals surface area contributed by atoms with Crippen LogP contribution in [0.25, 0.3) is 11.1 Å². The Morgan fingerprint density at radius 1 is 1.11 bits per heavy atom. The Kier molecular flexibility index (Phi) is 4.08. The monoisotopic (exact) mass is 298 g/mol. The molecule has 2 aromatic rings. The van der Waals surface area contributed by atoms with Crippen molar-refractivity contribution in [1.29, 1.82) is 0 Å². The summed E-state index contributed by atoms with van der Waals surface area (Å²) in [5.74, 6) is -1.45. The van der Waals surface area contributed by atoms with Crippen molar-refractivity contribution >= 4 is 29.2 Å². The maximum atomic E-state index is 13.4. The van der Waals surface area contributed by atoms with Gasteiger partial charge >= 0.3 is 5.97 Å². The molecule has 0 unspecified atom stereocenters. The maximum absolute atomic E-state index is 13.4. The van der Waals surface area contributed by atoms with Gasteiger partial charge in [-0.3, -0.25) is 4.79 Å². The fourth-order valence-corrected chi connectivity index (χ4v) is 2.21. The van der Waals surface area contributed by atoms with Gasteiger partial charge in [0.1, 0.15) is 5.82 Å². The zero-order valence-corrected chi connectivity index (χ0v) is 11.2. The van der Waals surface area contributed by atoms with Crippen molar-refractivity contribution in [3.8, 4) is 11.1 Å². The summed E-state index contributed by atoms with van der Waals surface area (Å²) in [4.78, 5) is 10.8. The van der Waals surface area contributed by atoms with E-state index in [2.05, 4.69) is 0 Å². The van der Waals surface area contributed by atoms with E-state index in [1.54, 1.807) is 18.2 Å². The molecule has 0 aliphatic carbocycles. The number of hydrogen-bond acceptors (Lipinski definition) is 1. The molecule has 98 valence electrons. The summed E-state index contributed by atoms with van der Waals surface area (Å²) in [6, 6.07) is 8.72. The van der Waals surface area contributed by atoms with Gasteiger partial charge in [-0.05, 0) is 41.5 Å². The van der Waals surface area contributed by atoms with E-state index in [0.29, 0.717) is 26.7 Å². The van der Waals surface area contributed by atoms with Gasteiger partial charge in [-0.2, -0.15) is 0 Å². The Balaban J connectivity index is 2.62. The molecule has 19 heavy (non-hydrogen) atoms. The van der Waals surface area contributed by atoms with Crippen LogP contribution in [0.5, 0.6) is 0 Å². The number of carboxylic acid groups (broad SMARTS) is 1. The molecule has 0 radical (unpaired) electrons. The summed E-state index contributed by atoms with van der Waals surface area (Å²) in [6.07, 6.45) is -0.210. The van der Waals surface area contributed by atoms with Gasteiger partial charge in [0.25, 0.3) is 0 Å². The molecule has 0 aromatic heterocycles. The molecule has 0 saturated carbocycles. The molecule has 0 atom stereocenters. The Hall–Kier alpha value is -1.58. The lowest BCUT2D eigenvalue weighted by atomic mass is 9.97. The maximum Gasteiger partial charge on any atom is 0.307 e. The van der Waals surface area contributed by atoms with Crippen LogP contribution in [-0.2, 0) is 11.2 Å². The van der Waals surface area contributed by atoms with Crippen LogP contribution >= 0.6 is 23.2 Å². The molecule has 0 amide bonds. The highest BCUT2D eigenvalue weighted by Crippen LogP contribution is 2.33. The molecule has 0 aliphatic rings. The van der Waals surface area contributed by atoms with E-state index in [-0.39, 0.29) is 6.42 Å². The largest absolute Gasteiger partial charge is 0.481 e. The summed E-state index contributed by atoms with van der Waals surface area (Å²) in [6.45, 7) is 0. The summed E-state index contributed by atoms with van der Waals surface area (Å²) >= 11 is 12.0. The van der Waals surface area contributed by atoms with E-state index in [4.69, 9.17) is 28.3 Å². The van der Waals surface area contributed by atoms with Crippen LogP contribution in [0.4, 0.5) is 4.39 Å². The van der Waals surface area contributed by atoms with Crippen molar-refractivity contribution in [2.75, 3.05) is 0 Å². The van der Waals surface area contributed by atoms with E-state index in [0.717, 1.165) is 0 Å². The molecule has 0 bridgehead atoms. The SMILES string of the molecule is O=C(O)Cc1ccc(F)cc1-c1cc(Cl)ccc1Cl. The molecule has 0 saturated heterocycles. The second kappa shape index (κ2) is 5.59. The van der Waals surface area contributed by atoms with Gasteiger partial charge in [0.05, 0.1) is 6.42 Å². The molecular weight excluding hydrogens is 290 g/mol. The summed E-state index contributed by atoms with van der Waals surface area (Å²) in [7, 11) is 0. The highest BCUT2D eigenvalue weighted by Gasteiger charge is 2.13. The van der Waals surface area contributed by atoms with Crippen molar-refractivity contribution in [2.45, 2.75) is 6.42 Å². The van der Waals surface area contributed by atoms with Crippen LogP contribution in [-0.4, -0.2) is 11.1 Å². The zero-order chi connectivity index (χ0) is 14.0. The molecule has 2 rings (SSSR count). The summed E-state index contributed by atoms with van der Waals surface area (Å²) in [5, 5.41) is 9.72. The third kappa shape index (κ3) is 3.25. The van der Waals surface area contributed by atoms with Crippen molar-refractivity contribution in [3.63, 3.8) is 0 Å². The molecule has 2 nitrogen and oxygen atoms in total. The standard InChI is InChI=1S/C14H9Cl2FO2/c15-9-2-4-13(16)12(6-9)11-7-10(17)3-1-8(11)5-14(18)19/h1-4,6-7H,5H2,(H,18,19). The van der Waals surface area contributed by atoms with E-state index < -0.39 is 11.8 Å². The lowest BCUT2D eigenvalue weighted by Crippen LogP contribution is -2.02. The Labute approximate surface area is 119 Å². The van der Waals surface area contributed by atoms with E-state index in [1.807, 2.05) is 0 Å². The number of benzene rings is 2. The Bertz CT molecular complexity index is 641. The van der Waals surface area contributed by atoms with Crippen LogP contribution in [0.1, 0.15) is 5.56 Å².